The summed E-state index contributed by atoms with van der Waals surface area (Å²) in [6.07, 6.45) is 1.56. The second-order valence-corrected chi connectivity index (χ2v) is 8.95. The molecular formula is C20H17F2N3O3S2. The second-order valence-electron chi connectivity index (χ2n) is 6.21. The SMILES string of the molecule is Cc1ccnc(NC(=O)c2cccc(S(=O)(=O)Nc3ccc(SC(F)F)cc3)c2)c1. The topological polar surface area (TPSA) is 88.2 Å². The number of carbonyl (C=O) groups is 1. The number of amides is 1. The average molecular weight is 450 g/mol. The molecule has 2 aromatic carbocycles. The lowest BCUT2D eigenvalue weighted by Gasteiger charge is -2.10. The lowest BCUT2D eigenvalue weighted by atomic mass is 10.2. The standard InChI is InChI=1S/C20H17F2N3O3S2/c1-13-9-10-23-18(11-13)24-19(26)14-3-2-4-17(12-14)30(27,28)25-15-5-7-16(8-6-15)29-20(21)22/h2-12,20,25H,1H3,(H,23,24,26). The van der Waals surface area contributed by atoms with E-state index in [1.807, 2.05) is 6.92 Å². The number of rotatable bonds is 7. The van der Waals surface area contributed by atoms with Gasteiger partial charge in [0.2, 0.25) is 0 Å². The van der Waals surface area contributed by atoms with Crippen LogP contribution < -0.4 is 10.0 Å². The number of nitrogens with zero attached hydrogens (tertiary/aromatic N) is 1. The molecule has 3 aromatic rings. The molecule has 0 fully saturated rings. The van der Waals surface area contributed by atoms with Gasteiger partial charge in [0.1, 0.15) is 5.82 Å². The zero-order valence-electron chi connectivity index (χ0n) is 15.7. The number of pyridine rings is 1. The van der Waals surface area contributed by atoms with E-state index in [1.54, 1.807) is 18.3 Å². The Morgan fingerprint density at radius 3 is 2.47 bits per heavy atom. The van der Waals surface area contributed by atoms with Gasteiger partial charge < -0.3 is 5.32 Å². The Hall–Kier alpha value is -2.98. The number of hydrogen-bond acceptors (Lipinski definition) is 5. The highest BCUT2D eigenvalue weighted by Gasteiger charge is 2.17. The molecule has 2 N–H and O–H groups in total. The maximum Gasteiger partial charge on any atom is 0.288 e. The van der Waals surface area contributed by atoms with Crippen molar-refractivity contribution in [3.05, 3.63) is 78.0 Å². The van der Waals surface area contributed by atoms with E-state index < -0.39 is 21.7 Å². The van der Waals surface area contributed by atoms with Crippen molar-refractivity contribution in [1.29, 1.82) is 0 Å². The van der Waals surface area contributed by atoms with E-state index in [2.05, 4.69) is 15.0 Å². The van der Waals surface area contributed by atoms with Gasteiger partial charge in [0, 0.05) is 22.3 Å². The molecule has 0 spiro atoms. The minimum atomic E-state index is -3.99. The van der Waals surface area contributed by atoms with Gasteiger partial charge in [-0.3, -0.25) is 9.52 Å². The van der Waals surface area contributed by atoms with Crippen molar-refractivity contribution in [2.75, 3.05) is 10.0 Å². The molecule has 0 bridgehead atoms. The first-order valence-corrected chi connectivity index (χ1v) is 11.0. The molecular weight excluding hydrogens is 432 g/mol. The van der Waals surface area contributed by atoms with Crippen LogP contribution in [-0.4, -0.2) is 25.1 Å². The first-order valence-electron chi connectivity index (χ1n) is 8.65. The first kappa shape index (κ1) is 21.7. The van der Waals surface area contributed by atoms with Crippen molar-refractivity contribution >= 4 is 39.2 Å². The number of benzene rings is 2. The molecule has 0 saturated heterocycles. The zero-order chi connectivity index (χ0) is 21.7. The van der Waals surface area contributed by atoms with E-state index in [0.29, 0.717) is 22.5 Å². The quantitative estimate of drug-likeness (QED) is 0.508. The van der Waals surface area contributed by atoms with Crippen LogP contribution in [0.4, 0.5) is 20.3 Å². The van der Waals surface area contributed by atoms with E-state index >= 15 is 0 Å². The van der Waals surface area contributed by atoms with Gasteiger partial charge in [0.25, 0.3) is 21.7 Å². The summed E-state index contributed by atoms with van der Waals surface area (Å²) in [5.41, 5.74) is 1.27. The third-order valence-corrected chi connectivity index (χ3v) is 6.00. The van der Waals surface area contributed by atoms with Crippen molar-refractivity contribution in [3.63, 3.8) is 0 Å². The number of carbonyl (C=O) groups excluding carboxylic acids is 1. The zero-order valence-corrected chi connectivity index (χ0v) is 17.3. The van der Waals surface area contributed by atoms with Crippen molar-refractivity contribution in [2.24, 2.45) is 0 Å². The van der Waals surface area contributed by atoms with Crippen LogP contribution in [0.5, 0.6) is 0 Å². The van der Waals surface area contributed by atoms with Gasteiger partial charge in [-0.2, -0.15) is 8.78 Å². The van der Waals surface area contributed by atoms with Crippen LogP contribution in [0.15, 0.2) is 76.7 Å². The van der Waals surface area contributed by atoms with Crippen LogP contribution in [0.1, 0.15) is 15.9 Å². The fraction of sp³-hybridized carbons (Fsp3) is 0.100. The minimum absolute atomic E-state index is 0.113. The van der Waals surface area contributed by atoms with Crippen LogP contribution in [0.25, 0.3) is 0 Å². The minimum Gasteiger partial charge on any atom is -0.307 e. The van der Waals surface area contributed by atoms with E-state index in [1.165, 1.54) is 48.5 Å². The van der Waals surface area contributed by atoms with Crippen molar-refractivity contribution in [2.45, 2.75) is 22.5 Å². The highest BCUT2D eigenvalue weighted by molar-refractivity contribution is 7.99. The largest absolute Gasteiger partial charge is 0.307 e. The van der Waals surface area contributed by atoms with Crippen LogP contribution in [0, 0.1) is 6.92 Å². The summed E-state index contributed by atoms with van der Waals surface area (Å²) in [5, 5.41) is 2.62. The summed E-state index contributed by atoms with van der Waals surface area (Å²) in [7, 11) is -3.99. The fourth-order valence-corrected chi connectivity index (χ4v) is 4.12. The fourth-order valence-electron chi connectivity index (χ4n) is 2.52. The molecule has 0 unspecified atom stereocenters. The third-order valence-electron chi connectivity index (χ3n) is 3.90. The van der Waals surface area contributed by atoms with Crippen molar-refractivity contribution in [3.8, 4) is 0 Å². The summed E-state index contributed by atoms with van der Waals surface area (Å²) >= 11 is 0.368. The number of aromatic nitrogens is 1. The molecule has 0 radical (unpaired) electrons. The monoisotopic (exact) mass is 449 g/mol. The predicted molar refractivity (Wildman–Crippen MR) is 112 cm³/mol. The first-order chi connectivity index (χ1) is 14.2. The smallest absolute Gasteiger partial charge is 0.288 e. The lowest BCUT2D eigenvalue weighted by Crippen LogP contribution is -2.16. The van der Waals surface area contributed by atoms with E-state index in [0.717, 1.165) is 5.56 Å². The van der Waals surface area contributed by atoms with Crippen LogP contribution in [0.3, 0.4) is 0 Å². The number of halogens is 2. The lowest BCUT2D eigenvalue weighted by molar-refractivity contribution is 0.102. The van der Waals surface area contributed by atoms with Gasteiger partial charge in [-0.25, -0.2) is 13.4 Å². The molecule has 1 aromatic heterocycles. The number of sulfonamides is 1. The Balaban J connectivity index is 1.75. The Morgan fingerprint density at radius 1 is 1.07 bits per heavy atom. The Labute approximate surface area is 176 Å². The number of alkyl halides is 2. The molecule has 156 valence electrons. The van der Waals surface area contributed by atoms with Gasteiger partial charge in [-0.1, -0.05) is 17.8 Å². The molecule has 1 heterocycles. The van der Waals surface area contributed by atoms with Gasteiger partial charge in [0.15, 0.2) is 0 Å². The average Bonchev–Trinajstić information content (AvgIpc) is 2.69. The van der Waals surface area contributed by atoms with Gasteiger partial charge in [-0.05, 0) is 67.1 Å². The number of thioether (sulfide) groups is 1. The predicted octanol–water partition coefficient (Wildman–Crippen LogP) is 4.76. The Morgan fingerprint density at radius 2 is 1.80 bits per heavy atom. The summed E-state index contributed by atoms with van der Waals surface area (Å²) < 4.78 is 52.5. The number of nitrogens with one attached hydrogen (secondary N) is 2. The molecule has 1 amide bonds. The summed E-state index contributed by atoms with van der Waals surface area (Å²) in [6.45, 7) is 1.86. The maximum absolute atomic E-state index is 12.7. The van der Waals surface area contributed by atoms with Gasteiger partial charge >= 0.3 is 0 Å². The molecule has 10 heteroatoms. The second kappa shape index (κ2) is 9.23. The normalized spacial score (nSPS) is 11.3. The molecule has 30 heavy (non-hydrogen) atoms. The van der Waals surface area contributed by atoms with Crippen molar-refractivity contribution < 1.29 is 22.0 Å². The highest BCUT2D eigenvalue weighted by Crippen LogP contribution is 2.27. The maximum atomic E-state index is 12.7. The summed E-state index contributed by atoms with van der Waals surface area (Å²) in [5.74, 6) is -2.71. The van der Waals surface area contributed by atoms with Crippen molar-refractivity contribution in [1.82, 2.24) is 4.98 Å². The molecule has 0 aliphatic rings. The molecule has 0 aliphatic carbocycles. The van der Waals surface area contributed by atoms with E-state index in [9.17, 15) is 22.0 Å². The molecule has 3 rings (SSSR count). The number of hydrogen-bond donors (Lipinski definition) is 2. The number of aryl methyl sites for hydroxylation is 1. The van der Waals surface area contributed by atoms with E-state index in [4.69, 9.17) is 0 Å². The van der Waals surface area contributed by atoms with Crippen LogP contribution in [-0.2, 0) is 10.0 Å². The third kappa shape index (κ3) is 5.77. The molecule has 0 aliphatic heterocycles. The van der Waals surface area contributed by atoms with Gasteiger partial charge in [0.05, 0.1) is 4.90 Å². The van der Waals surface area contributed by atoms with Crippen LogP contribution in [0.2, 0.25) is 0 Å². The Bertz CT molecular complexity index is 1150. The van der Waals surface area contributed by atoms with Crippen LogP contribution >= 0.6 is 11.8 Å². The molecule has 0 saturated carbocycles. The van der Waals surface area contributed by atoms with E-state index in [-0.39, 0.29) is 16.1 Å². The molecule has 6 nitrogen and oxygen atoms in total. The highest BCUT2D eigenvalue weighted by atomic mass is 32.2. The van der Waals surface area contributed by atoms with Gasteiger partial charge in [-0.15, -0.1) is 0 Å². The molecule has 0 atom stereocenters. The summed E-state index contributed by atoms with van der Waals surface area (Å²) in [4.78, 5) is 16.7. The summed E-state index contributed by atoms with van der Waals surface area (Å²) in [6, 6.07) is 14.6. The Kier molecular flexibility index (Phi) is 6.68. The number of anilines is 2.